The molecule has 0 saturated heterocycles. The molecule has 9 aromatic carbocycles. The molecule has 0 N–H and O–H groups in total. The lowest BCUT2D eigenvalue weighted by Gasteiger charge is -2.29. The van der Waals surface area contributed by atoms with Gasteiger partial charge in [0.05, 0.1) is 17.1 Å². The van der Waals surface area contributed by atoms with Gasteiger partial charge in [0.1, 0.15) is 0 Å². The molecule has 0 radical (unpaired) electrons. The van der Waals surface area contributed by atoms with Crippen molar-refractivity contribution in [3.8, 4) is 11.1 Å². The van der Waals surface area contributed by atoms with Gasteiger partial charge in [-0.05, 0) is 68.4 Å². The summed E-state index contributed by atoms with van der Waals surface area (Å²) < 4.78 is 2.61. The molecule has 1 aromatic heterocycles. The maximum atomic E-state index is 2.51. The Balaban J connectivity index is 1.35. The van der Waals surface area contributed by atoms with Crippen LogP contribution in [0.2, 0.25) is 0 Å². The molecule has 10 aromatic rings. The van der Waals surface area contributed by atoms with Crippen molar-refractivity contribution in [2.24, 2.45) is 0 Å². The molecule has 0 bridgehead atoms. The molecule has 2 heteroatoms. The van der Waals surface area contributed by atoms with Crippen LogP contribution in [0.5, 0.6) is 0 Å². The zero-order valence-corrected chi connectivity index (χ0v) is 26.9. The molecule has 48 heavy (non-hydrogen) atoms. The van der Waals surface area contributed by atoms with Crippen molar-refractivity contribution in [2.45, 2.75) is 0 Å². The number of fused-ring (bicyclic) bond motifs is 8. The van der Waals surface area contributed by atoms with Crippen molar-refractivity contribution in [3.05, 3.63) is 176 Å². The molecule has 1 nitrogen and oxygen atoms in total. The molecular formula is C46H29NS. The van der Waals surface area contributed by atoms with E-state index in [0.717, 1.165) is 0 Å². The van der Waals surface area contributed by atoms with Gasteiger partial charge in [0, 0.05) is 36.3 Å². The van der Waals surface area contributed by atoms with Crippen molar-refractivity contribution in [2.75, 3.05) is 4.90 Å². The fourth-order valence-electron chi connectivity index (χ4n) is 7.69. The van der Waals surface area contributed by atoms with Crippen molar-refractivity contribution in [3.63, 3.8) is 0 Å². The van der Waals surface area contributed by atoms with Crippen LogP contribution in [0.4, 0.5) is 17.1 Å². The standard InChI is InChI=1S/C46H29NS/c1-4-19-33-30(13-1)16-9-24-36(33)39-29-40-45-43(27-12-28-44(45)48-46(40)38-23-8-7-22-37(38)39)47(41-25-10-17-31-14-2-5-20-34(31)41)42-26-11-18-32-15-3-6-21-35(32)42/h1-29H. The predicted molar refractivity (Wildman–Crippen MR) is 209 cm³/mol. The molecule has 0 unspecified atom stereocenters. The van der Waals surface area contributed by atoms with Crippen LogP contribution in [-0.2, 0) is 0 Å². The normalized spacial score (nSPS) is 11.8. The second-order valence-corrected chi connectivity index (χ2v) is 13.5. The van der Waals surface area contributed by atoms with Crippen LogP contribution in [0.25, 0.3) is 74.4 Å². The topological polar surface area (TPSA) is 3.24 Å². The van der Waals surface area contributed by atoms with Gasteiger partial charge in [-0.3, -0.25) is 0 Å². The van der Waals surface area contributed by atoms with E-state index in [2.05, 4.69) is 181 Å². The average molecular weight is 628 g/mol. The van der Waals surface area contributed by atoms with Crippen LogP contribution in [0.15, 0.2) is 176 Å². The Morgan fingerprint density at radius 2 is 0.812 bits per heavy atom. The van der Waals surface area contributed by atoms with Gasteiger partial charge in [-0.1, -0.05) is 146 Å². The lowest BCUT2D eigenvalue weighted by Crippen LogP contribution is -2.11. The first-order valence-corrected chi connectivity index (χ1v) is 17.3. The number of nitrogens with zero attached hydrogens (tertiary/aromatic N) is 1. The molecule has 10 rings (SSSR count). The fourth-order valence-corrected chi connectivity index (χ4v) is 8.94. The molecule has 0 atom stereocenters. The van der Waals surface area contributed by atoms with Gasteiger partial charge in [0.2, 0.25) is 0 Å². The van der Waals surface area contributed by atoms with Crippen molar-refractivity contribution < 1.29 is 0 Å². The molecule has 0 spiro atoms. The molecule has 1 heterocycles. The van der Waals surface area contributed by atoms with Gasteiger partial charge in [0.15, 0.2) is 0 Å². The minimum Gasteiger partial charge on any atom is -0.309 e. The second kappa shape index (κ2) is 10.8. The molecule has 224 valence electrons. The van der Waals surface area contributed by atoms with E-state index in [-0.39, 0.29) is 0 Å². The van der Waals surface area contributed by atoms with Gasteiger partial charge >= 0.3 is 0 Å². The number of hydrogen-bond donors (Lipinski definition) is 0. The average Bonchev–Trinajstić information content (AvgIpc) is 3.54. The summed E-state index contributed by atoms with van der Waals surface area (Å²) in [7, 11) is 0. The van der Waals surface area contributed by atoms with Gasteiger partial charge in [-0.2, -0.15) is 0 Å². The summed E-state index contributed by atoms with van der Waals surface area (Å²) >= 11 is 1.90. The third-order valence-electron chi connectivity index (χ3n) is 9.82. The van der Waals surface area contributed by atoms with Gasteiger partial charge in [0.25, 0.3) is 0 Å². The first-order chi connectivity index (χ1) is 23.8. The second-order valence-electron chi connectivity index (χ2n) is 12.5. The lowest BCUT2D eigenvalue weighted by atomic mass is 9.92. The largest absolute Gasteiger partial charge is 0.309 e. The number of rotatable bonds is 4. The first-order valence-electron chi connectivity index (χ1n) is 16.4. The minimum atomic E-state index is 1.17. The van der Waals surface area contributed by atoms with Gasteiger partial charge < -0.3 is 4.90 Å². The van der Waals surface area contributed by atoms with E-state index in [1.807, 2.05) is 11.3 Å². The molecular weight excluding hydrogens is 599 g/mol. The van der Waals surface area contributed by atoms with Crippen LogP contribution >= 0.6 is 11.3 Å². The number of benzene rings is 9. The first kappa shape index (κ1) is 27.2. The molecule has 0 aliphatic heterocycles. The Morgan fingerprint density at radius 3 is 1.48 bits per heavy atom. The summed E-state index contributed by atoms with van der Waals surface area (Å²) in [5.41, 5.74) is 6.07. The van der Waals surface area contributed by atoms with Crippen molar-refractivity contribution >= 4 is 91.7 Å². The SMILES string of the molecule is c1ccc2c(-c3cc4c(sc5cccc(N(c6cccc7ccccc67)c6cccc7ccccc67)c54)c4ccccc34)cccc2c1. The summed E-state index contributed by atoms with van der Waals surface area (Å²) in [5.74, 6) is 0. The quantitative estimate of drug-likeness (QED) is 0.188. The Hall–Kier alpha value is -5.96. The number of hydrogen-bond acceptors (Lipinski definition) is 2. The van der Waals surface area contributed by atoms with Crippen LogP contribution < -0.4 is 4.90 Å². The fraction of sp³-hybridized carbons (Fsp3) is 0. The molecule has 0 amide bonds. The number of thiophene rings is 1. The van der Waals surface area contributed by atoms with E-state index in [0.29, 0.717) is 0 Å². The van der Waals surface area contributed by atoms with Gasteiger partial charge in [-0.25, -0.2) is 0 Å². The summed E-state index contributed by atoms with van der Waals surface area (Å²) in [5, 5.41) is 12.6. The maximum absolute atomic E-state index is 2.51. The van der Waals surface area contributed by atoms with E-state index < -0.39 is 0 Å². The highest BCUT2D eigenvalue weighted by molar-refractivity contribution is 7.26. The summed E-state index contributed by atoms with van der Waals surface area (Å²) in [6.45, 7) is 0. The minimum absolute atomic E-state index is 1.17. The highest BCUT2D eigenvalue weighted by atomic mass is 32.1. The number of anilines is 3. The monoisotopic (exact) mass is 627 g/mol. The van der Waals surface area contributed by atoms with Gasteiger partial charge in [-0.15, -0.1) is 11.3 Å². The summed E-state index contributed by atoms with van der Waals surface area (Å²) in [4.78, 5) is 2.51. The van der Waals surface area contributed by atoms with E-state index in [9.17, 15) is 0 Å². The molecule has 0 saturated carbocycles. The van der Waals surface area contributed by atoms with Crippen LogP contribution in [0.3, 0.4) is 0 Å². The van der Waals surface area contributed by atoms with Crippen molar-refractivity contribution in [1.82, 2.24) is 0 Å². The molecule has 0 fully saturated rings. The Kier molecular flexibility index (Phi) is 6.12. The Bertz CT molecular complexity index is 2770. The highest BCUT2D eigenvalue weighted by Gasteiger charge is 2.23. The van der Waals surface area contributed by atoms with E-state index >= 15 is 0 Å². The van der Waals surface area contributed by atoms with E-state index in [1.54, 1.807) is 0 Å². The van der Waals surface area contributed by atoms with Crippen LogP contribution in [-0.4, -0.2) is 0 Å². The van der Waals surface area contributed by atoms with Crippen molar-refractivity contribution in [1.29, 1.82) is 0 Å². The lowest BCUT2D eigenvalue weighted by molar-refractivity contribution is 1.33. The zero-order chi connectivity index (χ0) is 31.6. The highest BCUT2D eigenvalue weighted by Crippen LogP contribution is 2.50. The van der Waals surface area contributed by atoms with E-state index in [1.165, 1.54) is 91.5 Å². The Labute approximate surface area is 282 Å². The Morgan fingerprint density at radius 1 is 0.333 bits per heavy atom. The smallest absolute Gasteiger partial charge is 0.0555 e. The van der Waals surface area contributed by atoms with Crippen LogP contribution in [0, 0.1) is 0 Å². The summed E-state index contributed by atoms with van der Waals surface area (Å²) in [6, 6.07) is 64.5. The maximum Gasteiger partial charge on any atom is 0.0555 e. The molecule has 0 aliphatic carbocycles. The van der Waals surface area contributed by atoms with E-state index in [4.69, 9.17) is 0 Å². The van der Waals surface area contributed by atoms with Crippen LogP contribution in [0.1, 0.15) is 0 Å². The summed E-state index contributed by atoms with van der Waals surface area (Å²) in [6.07, 6.45) is 0. The molecule has 0 aliphatic rings. The third kappa shape index (κ3) is 4.10. The predicted octanol–water partition coefficient (Wildman–Crippen LogP) is 13.8. The third-order valence-corrected chi connectivity index (χ3v) is 11.0. The zero-order valence-electron chi connectivity index (χ0n) is 26.1.